The SMILES string of the molecule is COc1cccc(N2CCN(CC(O)CCl)CC2)c1. The lowest BCUT2D eigenvalue weighted by molar-refractivity contribution is 0.125. The van der Waals surface area contributed by atoms with E-state index >= 15 is 0 Å². The normalized spacial score (nSPS) is 18.4. The number of β-amino-alcohol motifs (C(OH)–C–C–N with tert-alkyl or cyclic N) is 1. The highest BCUT2D eigenvalue weighted by atomic mass is 35.5. The molecule has 1 aliphatic rings. The average molecular weight is 285 g/mol. The molecule has 1 atom stereocenters. The second-order valence-electron chi connectivity index (χ2n) is 4.80. The number of methoxy groups -OCH3 is 1. The summed E-state index contributed by atoms with van der Waals surface area (Å²) < 4.78 is 5.25. The van der Waals surface area contributed by atoms with Crippen molar-refractivity contribution in [3.63, 3.8) is 0 Å². The van der Waals surface area contributed by atoms with E-state index in [0.29, 0.717) is 12.4 Å². The van der Waals surface area contributed by atoms with Crippen LogP contribution in [-0.4, -0.2) is 61.8 Å². The predicted molar refractivity (Wildman–Crippen MR) is 78.4 cm³/mol. The summed E-state index contributed by atoms with van der Waals surface area (Å²) >= 11 is 5.63. The van der Waals surface area contributed by atoms with Crippen LogP contribution >= 0.6 is 11.6 Å². The first-order valence-corrected chi connectivity index (χ1v) is 7.11. The molecular formula is C14H21ClN2O2. The molecule has 1 N–H and O–H groups in total. The summed E-state index contributed by atoms with van der Waals surface area (Å²) in [4.78, 5) is 4.59. The van der Waals surface area contributed by atoms with Gasteiger partial charge < -0.3 is 14.7 Å². The summed E-state index contributed by atoms with van der Waals surface area (Å²) in [6.07, 6.45) is -0.426. The molecule has 0 aliphatic carbocycles. The first-order valence-electron chi connectivity index (χ1n) is 6.58. The Hall–Kier alpha value is -0.970. The van der Waals surface area contributed by atoms with Crippen molar-refractivity contribution in [2.75, 3.05) is 50.6 Å². The standard InChI is InChI=1S/C14H21ClN2O2/c1-19-14-4-2-3-12(9-14)17-7-5-16(6-8-17)11-13(18)10-15/h2-4,9,13,18H,5-8,10-11H2,1H3. The largest absolute Gasteiger partial charge is 0.497 e. The van der Waals surface area contributed by atoms with E-state index in [0.717, 1.165) is 31.9 Å². The number of ether oxygens (including phenoxy) is 1. The Kier molecular flexibility index (Phi) is 5.31. The molecule has 1 saturated heterocycles. The van der Waals surface area contributed by atoms with Crippen molar-refractivity contribution in [3.8, 4) is 5.75 Å². The van der Waals surface area contributed by atoms with Gasteiger partial charge in [0, 0.05) is 50.4 Å². The topological polar surface area (TPSA) is 35.9 Å². The molecule has 1 unspecified atom stereocenters. The predicted octanol–water partition coefficient (Wildman–Crippen LogP) is 1.42. The van der Waals surface area contributed by atoms with Gasteiger partial charge in [-0.1, -0.05) is 6.07 Å². The van der Waals surface area contributed by atoms with Crippen molar-refractivity contribution < 1.29 is 9.84 Å². The van der Waals surface area contributed by atoms with Gasteiger partial charge in [-0.2, -0.15) is 0 Å². The minimum atomic E-state index is -0.426. The summed E-state index contributed by atoms with van der Waals surface area (Å²) in [7, 11) is 1.69. The lowest BCUT2D eigenvalue weighted by atomic mass is 10.2. The van der Waals surface area contributed by atoms with Gasteiger partial charge in [-0.15, -0.1) is 11.6 Å². The van der Waals surface area contributed by atoms with Crippen LogP contribution in [0.15, 0.2) is 24.3 Å². The maximum atomic E-state index is 9.56. The van der Waals surface area contributed by atoms with Crippen LogP contribution in [0.3, 0.4) is 0 Å². The van der Waals surface area contributed by atoms with E-state index in [4.69, 9.17) is 16.3 Å². The van der Waals surface area contributed by atoms with E-state index in [-0.39, 0.29) is 0 Å². The molecule has 19 heavy (non-hydrogen) atoms. The Labute approximate surface area is 119 Å². The molecule has 106 valence electrons. The molecule has 4 nitrogen and oxygen atoms in total. The Morgan fingerprint density at radius 2 is 2.05 bits per heavy atom. The first-order chi connectivity index (χ1) is 9.22. The number of aliphatic hydroxyl groups excluding tert-OH is 1. The van der Waals surface area contributed by atoms with Crippen LogP contribution < -0.4 is 9.64 Å². The highest BCUT2D eigenvalue weighted by molar-refractivity contribution is 6.18. The highest BCUT2D eigenvalue weighted by Gasteiger charge is 2.19. The fourth-order valence-corrected chi connectivity index (χ4v) is 2.44. The van der Waals surface area contributed by atoms with E-state index < -0.39 is 6.10 Å². The maximum Gasteiger partial charge on any atom is 0.120 e. The number of halogens is 1. The second kappa shape index (κ2) is 6.98. The minimum Gasteiger partial charge on any atom is -0.497 e. The van der Waals surface area contributed by atoms with Crippen LogP contribution in [-0.2, 0) is 0 Å². The van der Waals surface area contributed by atoms with Crippen LogP contribution in [0.2, 0.25) is 0 Å². The third-order valence-corrected chi connectivity index (χ3v) is 3.79. The van der Waals surface area contributed by atoms with Gasteiger partial charge in [-0.25, -0.2) is 0 Å². The Balaban J connectivity index is 1.88. The van der Waals surface area contributed by atoms with Crippen molar-refractivity contribution in [3.05, 3.63) is 24.3 Å². The van der Waals surface area contributed by atoms with Gasteiger partial charge in [0.25, 0.3) is 0 Å². The molecule has 1 fully saturated rings. The molecule has 5 heteroatoms. The number of alkyl halides is 1. The number of nitrogens with zero attached hydrogens (tertiary/aromatic N) is 2. The van der Waals surface area contributed by atoms with Gasteiger partial charge in [0.1, 0.15) is 5.75 Å². The molecular weight excluding hydrogens is 264 g/mol. The van der Waals surface area contributed by atoms with Crippen LogP contribution in [0.5, 0.6) is 5.75 Å². The number of piperazine rings is 1. The molecule has 0 saturated carbocycles. The van der Waals surface area contributed by atoms with Gasteiger partial charge in [-0.3, -0.25) is 4.90 Å². The monoisotopic (exact) mass is 284 g/mol. The molecule has 0 radical (unpaired) electrons. The lowest BCUT2D eigenvalue weighted by Gasteiger charge is -2.36. The number of hydrogen-bond acceptors (Lipinski definition) is 4. The molecule has 1 aromatic carbocycles. The molecule has 0 aromatic heterocycles. The lowest BCUT2D eigenvalue weighted by Crippen LogP contribution is -2.48. The Bertz CT molecular complexity index is 395. The van der Waals surface area contributed by atoms with Crippen molar-refractivity contribution in [1.82, 2.24) is 4.90 Å². The van der Waals surface area contributed by atoms with E-state index in [1.54, 1.807) is 7.11 Å². The molecule has 0 bridgehead atoms. The summed E-state index contributed by atoms with van der Waals surface area (Å²) in [6, 6.07) is 8.13. The van der Waals surface area contributed by atoms with Gasteiger partial charge >= 0.3 is 0 Å². The number of aliphatic hydroxyl groups is 1. The van der Waals surface area contributed by atoms with Crippen LogP contribution in [0, 0.1) is 0 Å². The van der Waals surface area contributed by atoms with Crippen LogP contribution in [0.1, 0.15) is 0 Å². The number of hydrogen-bond donors (Lipinski definition) is 1. The first kappa shape index (κ1) is 14.4. The van der Waals surface area contributed by atoms with Gasteiger partial charge in [0.15, 0.2) is 0 Å². The molecule has 1 aromatic rings. The number of benzene rings is 1. The fourth-order valence-electron chi connectivity index (χ4n) is 2.34. The minimum absolute atomic E-state index is 0.302. The molecule has 1 aliphatic heterocycles. The van der Waals surface area contributed by atoms with Crippen LogP contribution in [0.4, 0.5) is 5.69 Å². The van der Waals surface area contributed by atoms with Gasteiger partial charge in [0.2, 0.25) is 0 Å². The summed E-state index contributed by atoms with van der Waals surface area (Å²) in [6.45, 7) is 4.48. The van der Waals surface area contributed by atoms with Crippen molar-refractivity contribution in [1.29, 1.82) is 0 Å². The molecule has 0 spiro atoms. The zero-order valence-electron chi connectivity index (χ0n) is 11.3. The van der Waals surface area contributed by atoms with E-state index in [1.165, 1.54) is 5.69 Å². The molecule has 0 amide bonds. The zero-order chi connectivity index (χ0) is 13.7. The van der Waals surface area contributed by atoms with Gasteiger partial charge in [0.05, 0.1) is 13.2 Å². The van der Waals surface area contributed by atoms with Crippen LogP contribution in [0.25, 0.3) is 0 Å². The smallest absolute Gasteiger partial charge is 0.120 e. The van der Waals surface area contributed by atoms with E-state index in [1.807, 2.05) is 12.1 Å². The molecule has 1 heterocycles. The zero-order valence-corrected chi connectivity index (χ0v) is 12.0. The van der Waals surface area contributed by atoms with E-state index in [2.05, 4.69) is 21.9 Å². The fraction of sp³-hybridized carbons (Fsp3) is 0.571. The summed E-state index contributed by atoms with van der Waals surface area (Å²) in [5.74, 6) is 1.19. The Morgan fingerprint density at radius 3 is 2.68 bits per heavy atom. The van der Waals surface area contributed by atoms with Crippen molar-refractivity contribution in [2.45, 2.75) is 6.10 Å². The Morgan fingerprint density at radius 1 is 1.32 bits per heavy atom. The second-order valence-corrected chi connectivity index (χ2v) is 5.11. The number of anilines is 1. The summed E-state index contributed by atoms with van der Waals surface area (Å²) in [5, 5.41) is 9.56. The number of rotatable bonds is 5. The third kappa shape index (κ3) is 4.00. The van der Waals surface area contributed by atoms with Crippen molar-refractivity contribution in [2.24, 2.45) is 0 Å². The average Bonchev–Trinajstić information content (AvgIpc) is 2.48. The van der Waals surface area contributed by atoms with E-state index in [9.17, 15) is 5.11 Å². The quantitative estimate of drug-likeness (QED) is 0.830. The highest BCUT2D eigenvalue weighted by Crippen LogP contribution is 2.22. The summed E-state index contributed by atoms with van der Waals surface area (Å²) in [5.41, 5.74) is 1.19. The van der Waals surface area contributed by atoms with Gasteiger partial charge in [-0.05, 0) is 12.1 Å². The van der Waals surface area contributed by atoms with Crippen molar-refractivity contribution >= 4 is 17.3 Å². The molecule has 2 rings (SSSR count). The maximum absolute atomic E-state index is 9.56. The third-order valence-electron chi connectivity index (χ3n) is 3.44.